The van der Waals surface area contributed by atoms with Gasteiger partial charge in [0.2, 0.25) is 0 Å². The molecule has 2 aromatic carbocycles. The van der Waals surface area contributed by atoms with E-state index >= 15 is 0 Å². The number of ether oxygens (including phenoxy) is 2. The fourth-order valence-corrected chi connectivity index (χ4v) is 5.21. The number of anilines is 1. The van der Waals surface area contributed by atoms with Gasteiger partial charge in [0.15, 0.2) is 0 Å². The first-order valence-electron chi connectivity index (χ1n) is 12.5. The molecule has 1 aliphatic rings. The molecule has 0 saturated carbocycles. The summed E-state index contributed by atoms with van der Waals surface area (Å²) in [4.78, 5) is 23.5. The van der Waals surface area contributed by atoms with Crippen molar-refractivity contribution >= 4 is 53.1 Å². The maximum Gasteiger partial charge on any atom is 0.410 e. The summed E-state index contributed by atoms with van der Waals surface area (Å²) < 4.78 is 13.7. The largest absolute Gasteiger partial charge is 0.457 e. The van der Waals surface area contributed by atoms with Crippen molar-refractivity contribution in [3.05, 3.63) is 66.6 Å². The lowest BCUT2D eigenvalue weighted by Gasteiger charge is -2.24. The van der Waals surface area contributed by atoms with Gasteiger partial charge in [0.25, 0.3) is 0 Å². The molecule has 0 aliphatic carbocycles. The third-order valence-electron chi connectivity index (χ3n) is 6.32. The van der Waals surface area contributed by atoms with Gasteiger partial charge >= 0.3 is 6.09 Å². The zero-order chi connectivity index (χ0) is 27.6. The zero-order valence-corrected chi connectivity index (χ0v) is 24.8. The summed E-state index contributed by atoms with van der Waals surface area (Å²) in [6.45, 7) is 6.67. The van der Waals surface area contributed by atoms with Crippen molar-refractivity contribution in [2.24, 2.45) is 0 Å². The number of likely N-dealkylation sites (tertiary alicyclic amines) is 1. The highest BCUT2D eigenvalue weighted by Crippen LogP contribution is 2.41. The number of fused-ring (bicyclic) bond motifs is 1. The summed E-state index contributed by atoms with van der Waals surface area (Å²) in [5, 5.41) is 3.88. The lowest BCUT2D eigenvalue weighted by molar-refractivity contribution is 0.0289. The van der Waals surface area contributed by atoms with Crippen molar-refractivity contribution in [3.8, 4) is 33.8 Å². The third kappa shape index (κ3) is 5.94. The average Bonchev–Trinajstić information content (AvgIpc) is 3.51. The number of benzene rings is 2. The van der Waals surface area contributed by atoms with Gasteiger partial charge in [0, 0.05) is 39.9 Å². The van der Waals surface area contributed by atoms with Crippen molar-refractivity contribution in [3.63, 3.8) is 0 Å². The highest BCUT2D eigenvalue weighted by atomic mass is 127. The van der Waals surface area contributed by atoms with Crippen LogP contribution in [0.5, 0.6) is 11.5 Å². The van der Waals surface area contributed by atoms with Crippen LogP contribution in [0.2, 0.25) is 0 Å². The molecule has 200 valence electrons. The Morgan fingerprint density at radius 2 is 1.82 bits per heavy atom. The number of nitrogens with two attached hydrogens (primary N) is 1. The van der Waals surface area contributed by atoms with E-state index in [9.17, 15) is 4.79 Å². The van der Waals surface area contributed by atoms with Gasteiger partial charge in [-0.2, -0.15) is 0 Å². The highest BCUT2D eigenvalue weighted by molar-refractivity contribution is 14.2. The lowest BCUT2D eigenvalue weighted by atomic mass is 10.0. The summed E-state index contributed by atoms with van der Waals surface area (Å²) in [7, 11) is 1.40. The normalized spacial score (nSPS) is 15.2. The van der Waals surface area contributed by atoms with Crippen LogP contribution in [0.25, 0.3) is 22.2 Å². The summed E-state index contributed by atoms with van der Waals surface area (Å²) in [5.74, 6) is 5.20. The van der Waals surface area contributed by atoms with Gasteiger partial charge in [-0.05, 0) is 77.1 Å². The minimum Gasteiger partial charge on any atom is -0.457 e. The number of hydrogen-bond donors (Lipinski definition) is 1. The van der Waals surface area contributed by atoms with Gasteiger partial charge in [-0.15, -0.1) is 0 Å². The number of amides is 1. The first kappa shape index (κ1) is 27.1. The second kappa shape index (κ2) is 11.4. The predicted molar refractivity (Wildman–Crippen MR) is 164 cm³/mol. The molecule has 1 saturated heterocycles. The Balaban J connectivity index is 1.57. The Morgan fingerprint density at radius 3 is 2.51 bits per heavy atom. The van der Waals surface area contributed by atoms with E-state index in [2.05, 4.69) is 46.9 Å². The fraction of sp³-hybridized carbons (Fsp3) is 0.276. The number of hydrogen-bond acceptors (Lipinski definition) is 7. The van der Waals surface area contributed by atoms with Crippen molar-refractivity contribution < 1.29 is 14.3 Å². The molecule has 1 unspecified atom stereocenters. The Bertz CT molecular complexity index is 1560. The van der Waals surface area contributed by atoms with E-state index in [0.717, 1.165) is 40.1 Å². The summed E-state index contributed by atoms with van der Waals surface area (Å²) >= 11 is 2.16. The fourth-order valence-electron chi connectivity index (χ4n) is 4.74. The van der Waals surface area contributed by atoms with Crippen LogP contribution in [0.4, 0.5) is 10.6 Å². The number of nitrogen functional groups attached to an aromatic ring is 1. The number of halogens is 1. The van der Waals surface area contributed by atoms with Gasteiger partial charge in [-0.3, -0.25) is 0 Å². The molecule has 10 heteroatoms. The van der Waals surface area contributed by atoms with E-state index in [0.29, 0.717) is 24.6 Å². The first-order valence-corrected chi connectivity index (χ1v) is 15.9. The average molecular weight is 654 g/mol. The zero-order valence-electron chi connectivity index (χ0n) is 21.8. The molecule has 0 radical (unpaired) electrons. The maximum absolute atomic E-state index is 12.8. The van der Waals surface area contributed by atoms with E-state index in [1.807, 2.05) is 75.4 Å². The Kier molecular flexibility index (Phi) is 7.91. The van der Waals surface area contributed by atoms with E-state index in [1.165, 1.54) is 15.3 Å². The Morgan fingerprint density at radius 1 is 1.10 bits per heavy atom. The predicted octanol–water partition coefficient (Wildman–Crippen LogP) is 7.05. The number of rotatable bonds is 4. The van der Waals surface area contributed by atoms with Crippen molar-refractivity contribution in [1.29, 1.82) is 0 Å². The molecule has 8 nitrogen and oxygen atoms in total. The number of carbonyl (C=O) groups is 1. The van der Waals surface area contributed by atoms with Crippen molar-refractivity contribution in [2.75, 3.05) is 18.8 Å². The Hall–Kier alpha value is -3.43. The molecule has 3 heterocycles. The number of para-hydroxylation sites is 1. The molecular formula is C29H28IN5O3S. The minimum atomic E-state index is -0.561. The highest BCUT2D eigenvalue weighted by Gasteiger charge is 2.34. The van der Waals surface area contributed by atoms with Crippen LogP contribution < -0.4 is 10.5 Å². The van der Waals surface area contributed by atoms with Crippen molar-refractivity contribution in [1.82, 2.24) is 19.4 Å². The van der Waals surface area contributed by atoms with Gasteiger partial charge in [0.05, 0.1) is 11.4 Å². The van der Waals surface area contributed by atoms with Crippen LogP contribution in [-0.2, 0) is 4.74 Å². The van der Waals surface area contributed by atoms with Crippen LogP contribution in [-0.4, -0.2) is 44.2 Å². The topological polar surface area (TPSA) is 95.5 Å². The number of nitrogens with zero attached hydrogens (tertiary/aromatic N) is 4. The van der Waals surface area contributed by atoms with Crippen molar-refractivity contribution in [2.45, 2.75) is 38.8 Å². The molecule has 1 fully saturated rings. The molecule has 39 heavy (non-hydrogen) atoms. The van der Waals surface area contributed by atoms with Crippen LogP contribution in [0.3, 0.4) is 0 Å². The maximum atomic E-state index is 12.8. The Labute approximate surface area is 243 Å². The molecule has 4 aromatic rings. The molecule has 5 rings (SSSR count). The second-order valence-electron chi connectivity index (χ2n) is 10.2. The van der Waals surface area contributed by atoms with Gasteiger partial charge in [-0.1, -0.05) is 30.3 Å². The molecule has 1 aliphatic heterocycles. The summed E-state index contributed by atoms with van der Waals surface area (Å²) in [5.41, 5.74) is 9.16. The van der Waals surface area contributed by atoms with E-state index in [4.69, 9.17) is 15.2 Å². The summed E-state index contributed by atoms with van der Waals surface area (Å²) in [6, 6.07) is 17.4. The SMILES string of the molecule is CC(C)(C)OC(=O)N1CCC(n2c(C#CSI)c(-c3ccc(Oc4ccccc4)cc3)c3c(N)ncnc32)C1. The lowest BCUT2D eigenvalue weighted by Crippen LogP contribution is -2.35. The van der Waals surface area contributed by atoms with Crippen LogP contribution in [0.1, 0.15) is 38.9 Å². The summed E-state index contributed by atoms with van der Waals surface area (Å²) in [6.07, 6.45) is 1.89. The van der Waals surface area contributed by atoms with Crippen LogP contribution >= 0.6 is 30.1 Å². The minimum absolute atomic E-state index is 0.0488. The van der Waals surface area contributed by atoms with Crippen LogP contribution in [0, 0.1) is 11.2 Å². The first-order chi connectivity index (χ1) is 18.7. The van der Waals surface area contributed by atoms with Gasteiger partial charge in [0.1, 0.15) is 40.6 Å². The molecule has 1 amide bonds. The molecule has 0 spiro atoms. The van der Waals surface area contributed by atoms with Gasteiger partial charge < -0.3 is 24.7 Å². The molecule has 2 aromatic heterocycles. The molecule has 2 N–H and O–H groups in total. The smallest absolute Gasteiger partial charge is 0.410 e. The van der Waals surface area contributed by atoms with E-state index in [1.54, 1.807) is 4.90 Å². The van der Waals surface area contributed by atoms with Crippen LogP contribution in [0.15, 0.2) is 60.9 Å². The number of aromatic nitrogens is 3. The quantitative estimate of drug-likeness (QED) is 0.186. The monoisotopic (exact) mass is 653 g/mol. The second-order valence-corrected chi connectivity index (χ2v) is 11.8. The standard InChI is InChI=1S/C29H28IN5O3S/c1-29(2,3)38-28(36)34-15-13-20(17-34)35-23(14-16-39-30)24(25-26(31)32-18-33-27(25)35)19-9-11-22(12-10-19)37-21-7-5-4-6-8-21/h4-12,18,20H,13,15,17H2,1-3H3,(H2,31,32,33). The van der Waals surface area contributed by atoms with E-state index in [-0.39, 0.29) is 12.1 Å². The number of carbonyl (C=O) groups excluding carboxylic acids is 1. The third-order valence-corrected chi connectivity index (χ3v) is 7.16. The molecule has 0 bridgehead atoms. The van der Waals surface area contributed by atoms with E-state index < -0.39 is 5.60 Å². The van der Waals surface area contributed by atoms with Gasteiger partial charge in [-0.25, -0.2) is 14.8 Å². The molecular weight excluding hydrogens is 625 g/mol. The molecule has 1 atom stereocenters.